The Labute approximate surface area is 180 Å². The highest BCUT2D eigenvalue weighted by atomic mass is 19.1. The van der Waals surface area contributed by atoms with Gasteiger partial charge in [-0.15, -0.1) is 0 Å². The lowest BCUT2D eigenvalue weighted by molar-refractivity contribution is 0.150. The number of alkyl halides is 1. The summed E-state index contributed by atoms with van der Waals surface area (Å²) >= 11 is 0. The first-order chi connectivity index (χ1) is 14.9. The lowest BCUT2D eigenvalue weighted by Crippen LogP contribution is -2.27. The first-order valence-corrected chi connectivity index (χ1v) is 10.5. The number of hydrogen-bond acceptors (Lipinski definition) is 6. The van der Waals surface area contributed by atoms with Gasteiger partial charge in [-0.1, -0.05) is 18.7 Å². The SMILES string of the molecule is C=CC(=N/C(=C\C(=N/N)c1nc2ccccc2nc1C)CC1(O)CC1)N1CC[C@@H](F)C1. The van der Waals surface area contributed by atoms with Gasteiger partial charge in [-0.2, -0.15) is 5.10 Å². The summed E-state index contributed by atoms with van der Waals surface area (Å²) in [7, 11) is 0. The van der Waals surface area contributed by atoms with Crippen LogP contribution in [0.3, 0.4) is 0 Å². The normalized spacial score (nSPS) is 21.6. The molecule has 1 aromatic heterocycles. The van der Waals surface area contributed by atoms with Crippen LogP contribution in [0.15, 0.2) is 58.8 Å². The number of aromatic nitrogens is 2. The molecule has 3 N–H and O–H groups in total. The monoisotopic (exact) mass is 422 g/mol. The van der Waals surface area contributed by atoms with E-state index in [9.17, 15) is 9.50 Å². The van der Waals surface area contributed by atoms with E-state index in [-0.39, 0.29) is 6.54 Å². The molecule has 8 heteroatoms. The largest absolute Gasteiger partial charge is 0.389 e. The number of aryl methyl sites for hydroxylation is 1. The fraction of sp³-hybridized carbons (Fsp3) is 0.391. The molecular formula is C23H27FN6O. The number of hydrazone groups is 1. The number of halogens is 1. The van der Waals surface area contributed by atoms with Crippen molar-refractivity contribution >= 4 is 22.6 Å². The van der Waals surface area contributed by atoms with Crippen molar-refractivity contribution in [3.8, 4) is 0 Å². The Morgan fingerprint density at radius 2 is 2.06 bits per heavy atom. The van der Waals surface area contributed by atoms with Gasteiger partial charge in [0, 0.05) is 18.7 Å². The minimum atomic E-state index is -0.873. The molecule has 2 fully saturated rings. The molecule has 2 aliphatic rings. The topological polar surface area (TPSA) is 100.0 Å². The van der Waals surface area contributed by atoms with Gasteiger partial charge in [-0.05, 0) is 50.5 Å². The zero-order valence-corrected chi connectivity index (χ0v) is 17.6. The van der Waals surface area contributed by atoms with Gasteiger partial charge in [0.2, 0.25) is 0 Å². The second-order valence-electron chi connectivity index (χ2n) is 8.20. The highest BCUT2D eigenvalue weighted by Gasteiger charge is 2.41. The van der Waals surface area contributed by atoms with Crippen LogP contribution < -0.4 is 5.84 Å². The van der Waals surface area contributed by atoms with Crippen molar-refractivity contribution in [3.63, 3.8) is 0 Å². The fourth-order valence-electron chi connectivity index (χ4n) is 3.75. The third-order valence-corrected chi connectivity index (χ3v) is 5.66. The molecule has 1 aliphatic heterocycles. The molecule has 7 nitrogen and oxygen atoms in total. The third kappa shape index (κ3) is 4.80. The molecule has 4 rings (SSSR count). The molecule has 2 heterocycles. The number of amidine groups is 1. The van der Waals surface area contributed by atoms with Crippen LogP contribution in [0.4, 0.5) is 4.39 Å². The summed E-state index contributed by atoms with van der Waals surface area (Å²) in [5.74, 6) is 6.31. The molecule has 0 unspecified atom stereocenters. The van der Waals surface area contributed by atoms with Crippen LogP contribution in [-0.2, 0) is 0 Å². The van der Waals surface area contributed by atoms with E-state index in [1.807, 2.05) is 36.1 Å². The van der Waals surface area contributed by atoms with Gasteiger partial charge in [0.25, 0.3) is 0 Å². The number of rotatable bonds is 6. The molecule has 2 aromatic rings. The van der Waals surface area contributed by atoms with Gasteiger partial charge < -0.3 is 15.8 Å². The summed E-state index contributed by atoms with van der Waals surface area (Å²) in [6.07, 6.45) is 4.71. The predicted molar refractivity (Wildman–Crippen MR) is 121 cm³/mol. The lowest BCUT2D eigenvalue weighted by atomic mass is 10.1. The number of likely N-dealkylation sites (tertiary alicyclic amines) is 1. The molecule has 31 heavy (non-hydrogen) atoms. The van der Waals surface area contributed by atoms with Crippen molar-refractivity contribution in [3.05, 3.63) is 60.1 Å². The number of aliphatic hydroxyl groups is 1. The van der Waals surface area contributed by atoms with Crippen molar-refractivity contribution in [2.45, 2.75) is 44.4 Å². The molecule has 0 spiro atoms. The zero-order valence-electron chi connectivity index (χ0n) is 17.6. The second kappa shape index (κ2) is 8.55. The summed E-state index contributed by atoms with van der Waals surface area (Å²) < 4.78 is 13.7. The number of allylic oxidation sites excluding steroid dienone is 1. The quantitative estimate of drug-likeness (QED) is 0.323. The maximum atomic E-state index is 13.7. The van der Waals surface area contributed by atoms with Crippen molar-refractivity contribution in [2.24, 2.45) is 15.9 Å². The summed E-state index contributed by atoms with van der Waals surface area (Å²) in [6.45, 7) is 6.56. The minimum absolute atomic E-state index is 0.287. The number of aliphatic imine (C=N–C) groups is 1. The molecule has 1 aromatic carbocycles. The van der Waals surface area contributed by atoms with E-state index >= 15 is 0 Å². The van der Waals surface area contributed by atoms with Crippen molar-refractivity contribution in [1.29, 1.82) is 0 Å². The first kappa shape index (κ1) is 21.1. The summed E-state index contributed by atoms with van der Waals surface area (Å²) in [6, 6.07) is 7.59. The van der Waals surface area contributed by atoms with Crippen molar-refractivity contribution < 1.29 is 9.50 Å². The van der Waals surface area contributed by atoms with E-state index in [2.05, 4.69) is 21.6 Å². The number of fused-ring (bicyclic) bond motifs is 1. The second-order valence-corrected chi connectivity index (χ2v) is 8.20. The van der Waals surface area contributed by atoms with Gasteiger partial charge in [-0.3, -0.25) is 0 Å². The zero-order chi connectivity index (χ0) is 22.0. The summed E-state index contributed by atoms with van der Waals surface area (Å²) in [5, 5.41) is 14.5. The number of benzene rings is 1. The van der Waals surface area contributed by atoms with Crippen LogP contribution >= 0.6 is 0 Å². The number of nitrogens with two attached hydrogens (primary N) is 1. The van der Waals surface area contributed by atoms with Gasteiger partial charge in [0.1, 0.15) is 23.4 Å². The van der Waals surface area contributed by atoms with Crippen LogP contribution in [0, 0.1) is 6.92 Å². The van der Waals surface area contributed by atoms with E-state index in [1.54, 1.807) is 12.2 Å². The van der Waals surface area contributed by atoms with E-state index in [4.69, 9.17) is 10.8 Å². The van der Waals surface area contributed by atoms with Gasteiger partial charge >= 0.3 is 0 Å². The number of nitrogens with zero attached hydrogens (tertiary/aromatic N) is 5. The Balaban J connectivity index is 1.73. The van der Waals surface area contributed by atoms with Crippen molar-refractivity contribution in [1.82, 2.24) is 14.9 Å². The van der Waals surface area contributed by atoms with E-state index in [0.29, 0.717) is 60.9 Å². The predicted octanol–water partition coefficient (Wildman–Crippen LogP) is 3.03. The molecule has 0 bridgehead atoms. The van der Waals surface area contributed by atoms with Crippen molar-refractivity contribution in [2.75, 3.05) is 13.1 Å². The highest BCUT2D eigenvalue weighted by molar-refractivity contribution is 6.09. The average Bonchev–Trinajstić information content (AvgIpc) is 3.32. The Kier molecular flexibility index (Phi) is 5.82. The van der Waals surface area contributed by atoms with E-state index in [0.717, 1.165) is 11.0 Å². The van der Waals surface area contributed by atoms with Gasteiger partial charge in [-0.25, -0.2) is 19.4 Å². The Bertz CT molecular complexity index is 1090. The molecule has 162 valence electrons. The maximum absolute atomic E-state index is 13.7. The van der Waals surface area contributed by atoms with Crippen LogP contribution in [0.2, 0.25) is 0 Å². The van der Waals surface area contributed by atoms with Gasteiger partial charge in [0.15, 0.2) is 0 Å². The lowest BCUT2D eigenvalue weighted by Gasteiger charge is -2.18. The number of para-hydroxylation sites is 2. The Hall–Kier alpha value is -3.13. The molecule has 1 aliphatic carbocycles. The van der Waals surface area contributed by atoms with Crippen LogP contribution in [-0.4, -0.2) is 56.4 Å². The Morgan fingerprint density at radius 3 is 2.65 bits per heavy atom. The van der Waals surface area contributed by atoms with Crippen LogP contribution in [0.5, 0.6) is 0 Å². The highest BCUT2D eigenvalue weighted by Crippen LogP contribution is 2.41. The smallest absolute Gasteiger partial charge is 0.128 e. The first-order valence-electron chi connectivity index (χ1n) is 10.5. The number of hydrogen-bond donors (Lipinski definition) is 2. The van der Waals surface area contributed by atoms with E-state index < -0.39 is 11.8 Å². The summed E-state index contributed by atoms with van der Waals surface area (Å²) in [4.78, 5) is 15.9. The molecule has 0 radical (unpaired) electrons. The third-order valence-electron chi connectivity index (χ3n) is 5.66. The molecular weight excluding hydrogens is 395 g/mol. The van der Waals surface area contributed by atoms with E-state index in [1.165, 1.54) is 0 Å². The fourth-order valence-corrected chi connectivity index (χ4v) is 3.75. The van der Waals surface area contributed by atoms with Crippen LogP contribution in [0.25, 0.3) is 11.0 Å². The maximum Gasteiger partial charge on any atom is 0.128 e. The Morgan fingerprint density at radius 1 is 1.35 bits per heavy atom. The van der Waals surface area contributed by atoms with Gasteiger partial charge in [0.05, 0.1) is 28.9 Å². The minimum Gasteiger partial charge on any atom is -0.389 e. The standard InChI is InChI=1S/C23H27FN6O/c1-3-21(30-11-8-16(24)14-30)27-17(13-23(31)9-10-23)12-20(29-25)22-15(2)26-18-6-4-5-7-19(18)28-22/h3-7,12,16,31H,1,8-11,13-14,25H2,2H3/b17-12-,27-21?,29-20+/t16-/m1/s1. The average molecular weight is 423 g/mol. The molecule has 1 saturated carbocycles. The van der Waals surface area contributed by atoms with Crippen LogP contribution in [0.1, 0.15) is 37.1 Å². The molecule has 1 atom stereocenters. The summed E-state index contributed by atoms with van der Waals surface area (Å²) in [5.41, 5.74) is 3.01. The molecule has 1 saturated heterocycles. The molecule has 0 amide bonds.